The molecule has 49 heavy (non-hydrogen) atoms. The molecule has 5 aliphatic rings. The molecule has 8 rings (SSSR count). The molecule has 8 bridgehead atoms. The van der Waals surface area contributed by atoms with Crippen LogP contribution in [0.2, 0.25) is 0 Å². The van der Waals surface area contributed by atoms with Crippen molar-refractivity contribution in [1.29, 1.82) is 0 Å². The lowest BCUT2D eigenvalue weighted by atomic mass is 9.90. The highest BCUT2D eigenvalue weighted by Gasteiger charge is 2.28. The van der Waals surface area contributed by atoms with Gasteiger partial charge in [0.05, 0.1) is 50.1 Å². The van der Waals surface area contributed by atoms with E-state index in [1.54, 1.807) is 0 Å². The summed E-state index contributed by atoms with van der Waals surface area (Å²) < 4.78 is 0.845. The third-order valence-electron chi connectivity index (χ3n) is 9.46. The average Bonchev–Trinajstić information content (AvgIpc) is 3.89. The Morgan fingerprint density at radius 1 is 0.408 bits per heavy atom. The maximum Gasteiger partial charge on any atom is 0.0801 e. The van der Waals surface area contributed by atoms with E-state index in [1.165, 1.54) is 33.4 Å². The van der Waals surface area contributed by atoms with E-state index in [0.29, 0.717) is 0 Å². The van der Waals surface area contributed by atoms with E-state index < -0.39 is 0 Å². The molecule has 5 heteroatoms. The highest BCUT2D eigenvalue weighted by atomic mass is 79.9. The fourth-order valence-electron chi connectivity index (χ4n) is 7.62. The molecule has 0 unspecified atom stereocenters. The van der Waals surface area contributed by atoms with Crippen molar-refractivity contribution in [1.82, 2.24) is 0 Å². The maximum atomic E-state index is 5.38. The molecule has 4 nitrogen and oxygen atoms in total. The molecule has 0 atom stereocenters. The van der Waals surface area contributed by atoms with Crippen molar-refractivity contribution in [2.24, 2.45) is 20.0 Å². The van der Waals surface area contributed by atoms with Crippen molar-refractivity contribution < 1.29 is 0 Å². The van der Waals surface area contributed by atoms with Crippen LogP contribution in [0.4, 0.5) is 0 Å². The molecule has 0 fully saturated rings. The quantitative estimate of drug-likeness (QED) is 0.261. The van der Waals surface area contributed by atoms with Crippen LogP contribution in [0, 0.1) is 41.5 Å². The Morgan fingerprint density at radius 2 is 0.776 bits per heavy atom. The Morgan fingerprint density at radius 3 is 1.27 bits per heavy atom. The van der Waals surface area contributed by atoms with Crippen LogP contribution in [0.25, 0.3) is 16.7 Å². The van der Waals surface area contributed by atoms with Gasteiger partial charge in [-0.1, -0.05) is 65.7 Å². The maximum absolute atomic E-state index is 5.38. The molecule has 0 saturated heterocycles. The van der Waals surface area contributed by atoms with E-state index in [-0.39, 0.29) is 0 Å². The Bertz CT molecular complexity index is 2310. The standard InChI is InChI=1S/C44H35BrN4/c1-24-20-26(3)39(27(4)21-24)42-33-14-12-31(46-33)41(30-10-8-7-9-11-30)32-13-15-34(47-32)43(40-28(5)22-25(2)23-29(40)6)36-17-19-38(49-36)44(45)37-18-16-35(42)48-37/h7-23H,1-6H3. The first-order valence-electron chi connectivity index (χ1n) is 16.6. The number of aryl methyl sites for hydroxylation is 6. The van der Waals surface area contributed by atoms with Gasteiger partial charge in [-0.05, 0) is 145 Å². The van der Waals surface area contributed by atoms with Crippen molar-refractivity contribution >= 4 is 55.5 Å². The molecule has 3 aromatic carbocycles. The van der Waals surface area contributed by atoms with Crippen molar-refractivity contribution in [3.8, 4) is 0 Å². The first-order chi connectivity index (χ1) is 23.7. The lowest BCUT2D eigenvalue weighted by Gasteiger charge is -2.17. The van der Waals surface area contributed by atoms with Gasteiger partial charge in [0.1, 0.15) is 0 Å². The summed E-state index contributed by atoms with van der Waals surface area (Å²) in [6.07, 6.45) is 16.8. The van der Waals surface area contributed by atoms with Gasteiger partial charge in [-0.3, -0.25) is 0 Å². The van der Waals surface area contributed by atoms with Gasteiger partial charge in [0.15, 0.2) is 0 Å². The third-order valence-corrected chi connectivity index (χ3v) is 10.3. The first kappa shape index (κ1) is 31.0. The number of hydrogen-bond donors (Lipinski definition) is 0. The Balaban J connectivity index is 1.46. The summed E-state index contributed by atoms with van der Waals surface area (Å²) in [5, 5.41) is 0. The summed E-state index contributed by atoms with van der Waals surface area (Å²) in [6.45, 7) is 13.0. The Labute approximate surface area is 296 Å². The highest BCUT2D eigenvalue weighted by Crippen LogP contribution is 2.40. The predicted octanol–water partition coefficient (Wildman–Crippen LogP) is 10.7. The van der Waals surface area contributed by atoms with Crippen molar-refractivity contribution in [2.75, 3.05) is 0 Å². The molecule has 0 N–H and O–H groups in total. The molecular formula is C44H35BrN4. The van der Waals surface area contributed by atoms with Gasteiger partial charge in [0, 0.05) is 16.7 Å². The monoisotopic (exact) mass is 698 g/mol. The smallest absolute Gasteiger partial charge is 0.0801 e. The number of nitrogens with zero attached hydrogens (tertiary/aromatic N) is 4. The number of rotatable bonds is 3. The predicted molar refractivity (Wildman–Crippen MR) is 211 cm³/mol. The lowest BCUT2D eigenvalue weighted by Crippen LogP contribution is -2.06. The second-order valence-electron chi connectivity index (χ2n) is 13.2. The summed E-state index contributed by atoms with van der Waals surface area (Å²) in [7, 11) is 0. The van der Waals surface area contributed by atoms with Crippen molar-refractivity contribution in [2.45, 2.75) is 41.5 Å². The summed E-state index contributed by atoms with van der Waals surface area (Å²) >= 11 is 3.90. The lowest BCUT2D eigenvalue weighted by molar-refractivity contribution is 1.28. The second kappa shape index (κ2) is 12.0. The fourth-order valence-corrected chi connectivity index (χ4v) is 8.06. The minimum Gasteiger partial charge on any atom is -0.248 e. The number of aliphatic imine (C=N–C) groups is 4. The van der Waals surface area contributed by atoms with Gasteiger partial charge in [0.2, 0.25) is 0 Å². The van der Waals surface area contributed by atoms with Gasteiger partial charge in [-0.2, -0.15) is 0 Å². The van der Waals surface area contributed by atoms with E-state index in [9.17, 15) is 0 Å². The Hall–Kier alpha value is -5.26. The van der Waals surface area contributed by atoms with Crippen LogP contribution in [0.15, 0.2) is 150 Å². The molecule has 5 heterocycles. The van der Waals surface area contributed by atoms with Crippen LogP contribution in [0.1, 0.15) is 50.1 Å². The van der Waals surface area contributed by atoms with Crippen LogP contribution in [0.3, 0.4) is 0 Å². The van der Waals surface area contributed by atoms with Crippen molar-refractivity contribution in [3.63, 3.8) is 0 Å². The van der Waals surface area contributed by atoms with E-state index in [2.05, 4.69) is 155 Å². The minimum absolute atomic E-state index is 0.827. The van der Waals surface area contributed by atoms with Gasteiger partial charge >= 0.3 is 0 Å². The molecule has 3 aromatic rings. The zero-order valence-corrected chi connectivity index (χ0v) is 30.1. The molecule has 0 spiro atoms. The summed E-state index contributed by atoms with van der Waals surface area (Å²) in [5.41, 5.74) is 20.5. The fraction of sp³-hybridized carbons (Fsp3) is 0.136. The van der Waals surface area contributed by atoms with E-state index in [1.807, 2.05) is 6.07 Å². The summed E-state index contributed by atoms with van der Waals surface area (Å²) in [6, 6.07) is 19.4. The van der Waals surface area contributed by atoms with Crippen LogP contribution in [-0.2, 0) is 0 Å². The zero-order chi connectivity index (χ0) is 34.0. The normalized spacial score (nSPS) is 17.9. The van der Waals surface area contributed by atoms with Crippen molar-refractivity contribution in [3.05, 3.63) is 181 Å². The zero-order valence-electron chi connectivity index (χ0n) is 28.5. The molecule has 0 amide bonds. The Kier molecular flexibility index (Phi) is 7.61. The molecule has 0 radical (unpaired) electrons. The number of halogens is 1. The number of fused-ring (bicyclic) bond motifs is 4. The number of benzene rings is 3. The van der Waals surface area contributed by atoms with Gasteiger partial charge in [-0.25, -0.2) is 20.0 Å². The SMILES string of the molecule is Cc1cc(C)c(C2=C3C=CC(=N3)C(Br)=C3C=CC(=N3)C(c3c(C)cc(C)cc3C)=C3C=CC(=N3)C(c3ccccc3)=C3C=CC2=N3)c(C)c1. The minimum atomic E-state index is 0.827. The second-order valence-corrected chi connectivity index (χ2v) is 14.0. The number of allylic oxidation sites excluding steroid dienone is 12. The highest BCUT2D eigenvalue weighted by molar-refractivity contribution is 9.12. The average molecular weight is 700 g/mol. The largest absolute Gasteiger partial charge is 0.248 e. The molecule has 5 aliphatic heterocycles. The van der Waals surface area contributed by atoms with E-state index in [4.69, 9.17) is 20.0 Å². The molecule has 0 saturated carbocycles. The molecule has 0 aliphatic carbocycles. The van der Waals surface area contributed by atoms with E-state index in [0.717, 1.165) is 83.5 Å². The first-order valence-corrected chi connectivity index (χ1v) is 17.4. The van der Waals surface area contributed by atoms with E-state index >= 15 is 0 Å². The molecule has 0 aromatic heterocycles. The van der Waals surface area contributed by atoms with Crippen LogP contribution >= 0.6 is 15.9 Å². The third kappa shape index (κ3) is 5.39. The van der Waals surface area contributed by atoms with Gasteiger partial charge < -0.3 is 0 Å². The molecule has 238 valence electrons. The van der Waals surface area contributed by atoms with Gasteiger partial charge in [-0.15, -0.1) is 0 Å². The summed E-state index contributed by atoms with van der Waals surface area (Å²) in [5.74, 6) is 0. The van der Waals surface area contributed by atoms with Crippen LogP contribution in [0.5, 0.6) is 0 Å². The number of hydrogen-bond acceptors (Lipinski definition) is 4. The summed E-state index contributed by atoms with van der Waals surface area (Å²) in [4.78, 5) is 21.2. The topological polar surface area (TPSA) is 49.4 Å². The van der Waals surface area contributed by atoms with Crippen LogP contribution < -0.4 is 0 Å². The van der Waals surface area contributed by atoms with Gasteiger partial charge in [0.25, 0.3) is 0 Å². The van der Waals surface area contributed by atoms with Crippen LogP contribution in [-0.4, -0.2) is 22.8 Å². The molecular weight excluding hydrogens is 664 g/mol.